The maximum atomic E-state index is 12.6. The van der Waals surface area contributed by atoms with Crippen LogP contribution in [0.1, 0.15) is 29.8 Å². The van der Waals surface area contributed by atoms with E-state index in [1.54, 1.807) is 0 Å². The Balaban J connectivity index is 1.64. The molecule has 0 aliphatic carbocycles. The Kier molecular flexibility index (Phi) is 4.90. The second-order valence-corrected chi connectivity index (χ2v) is 5.73. The van der Waals surface area contributed by atoms with Crippen molar-refractivity contribution < 1.29 is 17.6 Å². The van der Waals surface area contributed by atoms with Gasteiger partial charge in [-0.25, -0.2) is 4.98 Å². The molecule has 130 valence electrons. The molecule has 0 saturated heterocycles. The number of halogens is 3. The average molecular weight is 346 g/mol. The Labute approximate surface area is 143 Å². The minimum Gasteiger partial charge on any atom is -0.444 e. The third-order valence-corrected chi connectivity index (χ3v) is 3.90. The lowest BCUT2D eigenvalue weighted by molar-refractivity contribution is -0.137. The quantitative estimate of drug-likeness (QED) is 0.689. The second-order valence-electron chi connectivity index (χ2n) is 5.73. The molecule has 0 bridgehead atoms. The smallest absolute Gasteiger partial charge is 0.416 e. The molecule has 1 heterocycles. The summed E-state index contributed by atoms with van der Waals surface area (Å²) in [6.45, 7) is 2.55. The van der Waals surface area contributed by atoms with E-state index in [4.69, 9.17) is 4.42 Å². The molecular formula is C19H17F3N2O. The lowest BCUT2D eigenvalue weighted by Gasteiger charge is -2.12. The third-order valence-electron chi connectivity index (χ3n) is 3.90. The van der Waals surface area contributed by atoms with E-state index in [-0.39, 0.29) is 6.04 Å². The first kappa shape index (κ1) is 17.2. The number of aromatic nitrogens is 1. The van der Waals surface area contributed by atoms with Crippen LogP contribution in [0.4, 0.5) is 13.2 Å². The van der Waals surface area contributed by atoms with Crippen LogP contribution in [-0.4, -0.2) is 4.98 Å². The maximum absolute atomic E-state index is 12.6. The van der Waals surface area contributed by atoms with Crippen molar-refractivity contribution in [2.75, 3.05) is 0 Å². The van der Waals surface area contributed by atoms with Crippen molar-refractivity contribution in [2.24, 2.45) is 0 Å². The molecule has 3 rings (SSSR count). The summed E-state index contributed by atoms with van der Waals surface area (Å²) in [6.07, 6.45) is -2.84. The van der Waals surface area contributed by atoms with Gasteiger partial charge >= 0.3 is 6.18 Å². The molecule has 1 aromatic heterocycles. The molecule has 6 heteroatoms. The van der Waals surface area contributed by atoms with Crippen molar-refractivity contribution in [1.29, 1.82) is 0 Å². The highest BCUT2D eigenvalue weighted by molar-refractivity contribution is 5.54. The van der Waals surface area contributed by atoms with Gasteiger partial charge in [-0.3, -0.25) is 0 Å². The average Bonchev–Trinajstić information content (AvgIpc) is 3.09. The largest absolute Gasteiger partial charge is 0.444 e. The Bertz CT molecular complexity index is 811. The van der Waals surface area contributed by atoms with Crippen LogP contribution in [0.5, 0.6) is 0 Å². The van der Waals surface area contributed by atoms with E-state index < -0.39 is 11.7 Å². The SMILES string of the molecule is CC(NCc1coc(-c2ccc(C(F)(F)F)cc2)n1)c1ccccc1. The fourth-order valence-electron chi connectivity index (χ4n) is 2.44. The number of hydrogen-bond acceptors (Lipinski definition) is 3. The fraction of sp³-hybridized carbons (Fsp3) is 0.211. The van der Waals surface area contributed by atoms with Crippen molar-refractivity contribution in [1.82, 2.24) is 10.3 Å². The van der Waals surface area contributed by atoms with E-state index in [0.717, 1.165) is 17.7 Å². The van der Waals surface area contributed by atoms with Gasteiger partial charge in [-0.1, -0.05) is 30.3 Å². The summed E-state index contributed by atoms with van der Waals surface area (Å²) < 4.78 is 43.2. The maximum Gasteiger partial charge on any atom is 0.416 e. The highest BCUT2D eigenvalue weighted by Gasteiger charge is 2.30. The van der Waals surface area contributed by atoms with Crippen LogP contribution in [-0.2, 0) is 12.7 Å². The van der Waals surface area contributed by atoms with Gasteiger partial charge in [-0.15, -0.1) is 0 Å². The summed E-state index contributed by atoms with van der Waals surface area (Å²) in [5, 5.41) is 3.34. The zero-order chi connectivity index (χ0) is 17.9. The van der Waals surface area contributed by atoms with Crippen molar-refractivity contribution >= 4 is 0 Å². The lowest BCUT2D eigenvalue weighted by atomic mass is 10.1. The highest BCUT2D eigenvalue weighted by atomic mass is 19.4. The van der Waals surface area contributed by atoms with Crippen molar-refractivity contribution in [2.45, 2.75) is 25.7 Å². The van der Waals surface area contributed by atoms with Gasteiger partial charge in [0.05, 0.1) is 11.3 Å². The van der Waals surface area contributed by atoms with Crippen molar-refractivity contribution in [3.63, 3.8) is 0 Å². The Morgan fingerprint density at radius 3 is 2.36 bits per heavy atom. The molecule has 0 spiro atoms. The summed E-state index contributed by atoms with van der Waals surface area (Å²) in [6, 6.07) is 14.9. The van der Waals surface area contributed by atoms with Crippen LogP contribution < -0.4 is 5.32 Å². The van der Waals surface area contributed by atoms with Crippen molar-refractivity contribution in [3.05, 3.63) is 77.7 Å². The summed E-state index contributed by atoms with van der Waals surface area (Å²) in [5.41, 5.74) is 1.67. The lowest BCUT2D eigenvalue weighted by Crippen LogP contribution is -2.18. The minimum atomic E-state index is -4.35. The summed E-state index contributed by atoms with van der Waals surface area (Å²) in [4.78, 5) is 4.33. The highest BCUT2D eigenvalue weighted by Crippen LogP contribution is 2.30. The molecule has 0 amide bonds. The molecule has 0 aliphatic rings. The topological polar surface area (TPSA) is 38.1 Å². The Hall–Kier alpha value is -2.60. The Morgan fingerprint density at radius 1 is 1.04 bits per heavy atom. The van der Waals surface area contributed by atoms with Crippen molar-refractivity contribution in [3.8, 4) is 11.5 Å². The molecule has 3 aromatic rings. The standard InChI is InChI=1S/C19H17F3N2O/c1-13(14-5-3-2-4-6-14)23-11-17-12-25-18(24-17)15-7-9-16(10-8-15)19(20,21)22/h2-10,12-13,23H,11H2,1H3. The molecule has 0 radical (unpaired) electrons. The first-order valence-corrected chi connectivity index (χ1v) is 7.84. The van der Waals surface area contributed by atoms with E-state index in [1.165, 1.54) is 18.4 Å². The number of nitrogens with one attached hydrogen (secondary N) is 1. The van der Waals surface area contributed by atoms with E-state index in [2.05, 4.69) is 10.3 Å². The van der Waals surface area contributed by atoms with E-state index in [9.17, 15) is 13.2 Å². The summed E-state index contributed by atoms with van der Waals surface area (Å²) in [5.74, 6) is 0.304. The first-order chi connectivity index (χ1) is 11.9. The van der Waals surface area contributed by atoms with Gasteiger partial charge in [0.25, 0.3) is 0 Å². The fourth-order valence-corrected chi connectivity index (χ4v) is 2.44. The van der Waals surface area contributed by atoms with Gasteiger partial charge in [0.2, 0.25) is 5.89 Å². The zero-order valence-corrected chi connectivity index (χ0v) is 13.5. The molecule has 0 aliphatic heterocycles. The molecule has 0 saturated carbocycles. The molecule has 1 atom stereocenters. The van der Waals surface area contributed by atoms with Gasteiger partial charge in [0.1, 0.15) is 6.26 Å². The molecule has 1 N–H and O–H groups in total. The number of nitrogens with zero attached hydrogens (tertiary/aromatic N) is 1. The van der Waals surface area contributed by atoms with E-state index in [1.807, 2.05) is 37.3 Å². The van der Waals surface area contributed by atoms with Gasteiger partial charge in [-0.2, -0.15) is 13.2 Å². The number of oxazole rings is 1. The molecule has 2 aromatic carbocycles. The molecular weight excluding hydrogens is 329 g/mol. The van der Waals surface area contributed by atoms with Crippen LogP contribution in [0.15, 0.2) is 65.3 Å². The summed E-state index contributed by atoms with van der Waals surface area (Å²) in [7, 11) is 0. The normalized spacial score (nSPS) is 13.0. The molecule has 0 fully saturated rings. The van der Waals surface area contributed by atoms with Gasteiger partial charge < -0.3 is 9.73 Å². The predicted molar refractivity (Wildman–Crippen MR) is 88.6 cm³/mol. The molecule has 25 heavy (non-hydrogen) atoms. The second kappa shape index (κ2) is 7.11. The van der Waals surface area contributed by atoms with Crippen LogP contribution in [0, 0.1) is 0 Å². The number of hydrogen-bond donors (Lipinski definition) is 1. The minimum absolute atomic E-state index is 0.146. The number of rotatable bonds is 5. The first-order valence-electron chi connectivity index (χ1n) is 7.84. The van der Waals surface area contributed by atoms with Gasteiger partial charge in [0.15, 0.2) is 0 Å². The van der Waals surface area contributed by atoms with Crippen LogP contribution in [0.25, 0.3) is 11.5 Å². The van der Waals surface area contributed by atoms with Gasteiger partial charge in [-0.05, 0) is 36.8 Å². The van der Waals surface area contributed by atoms with Crippen LogP contribution >= 0.6 is 0 Å². The molecule has 3 nitrogen and oxygen atoms in total. The van der Waals surface area contributed by atoms with E-state index in [0.29, 0.717) is 23.7 Å². The molecule has 1 unspecified atom stereocenters. The predicted octanol–water partition coefficient (Wildman–Crippen LogP) is 5.21. The summed E-state index contributed by atoms with van der Waals surface area (Å²) >= 11 is 0. The van der Waals surface area contributed by atoms with Crippen LogP contribution in [0.3, 0.4) is 0 Å². The Morgan fingerprint density at radius 2 is 1.72 bits per heavy atom. The number of benzene rings is 2. The van der Waals surface area contributed by atoms with Crippen LogP contribution in [0.2, 0.25) is 0 Å². The zero-order valence-electron chi connectivity index (χ0n) is 13.5. The number of alkyl halides is 3. The monoisotopic (exact) mass is 346 g/mol. The van der Waals surface area contributed by atoms with Gasteiger partial charge in [0, 0.05) is 18.2 Å². The third kappa shape index (κ3) is 4.28. The van der Waals surface area contributed by atoms with E-state index >= 15 is 0 Å².